The van der Waals surface area contributed by atoms with Crippen molar-refractivity contribution in [2.75, 3.05) is 11.9 Å². The molecule has 96 valence electrons. The highest BCUT2D eigenvalue weighted by molar-refractivity contribution is 5.97. The van der Waals surface area contributed by atoms with Gasteiger partial charge in [-0.3, -0.25) is 14.9 Å². The molecule has 0 heterocycles. The number of nitrogens with one attached hydrogen (secondary N) is 1. The van der Waals surface area contributed by atoms with E-state index in [0.29, 0.717) is 17.8 Å². The van der Waals surface area contributed by atoms with Crippen LogP contribution in [0.4, 0.5) is 11.4 Å². The zero-order chi connectivity index (χ0) is 13.3. The van der Waals surface area contributed by atoms with Crippen molar-refractivity contribution < 1.29 is 9.72 Å². The summed E-state index contributed by atoms with van der Waals surface area (Å²) >= 11 is 0. The van der Waals surface area contributed by atoms with Gasteiger partial charge in [-0.25, -0.2) is 0 Å². The van der Waals surface area contributed by atoms with Crippen molar-refractivity contribution in [3.63, 3.8) is 0 Å². The summed E-state index contributed by atoms with van der Waals surface area (Å²) in [6, 6.07) is 4.66. The Bertz CT molecular complexity index is 509. The summed E-state index contributed by atoms with van der Waals surface area (Å²) in [6.07, 6.45) is 1.56. The maximum atomic E-state index is 11.9. The average molecular weight is 249 g/mol. The van der Waals surface area contributed by atoms with Gasteiger partial charge in [-0.05, 0) is 25.8 Å². The van der Waals surface area contributed by atoms with E-state index in [1.165, 1.54) is 6.07 Å². The number of nitrogens with two attached hydrogens (primary N) is 1. The number of aryl methyl sites for hydroxylation is 1. The second-order valence-corrected chi connectivity index (χ2v) is 4.70. The molecular weight excluding hydrogens is 234 g/mol. The average Bonchev–Trinajstić information content (AvgIpc) is 3.12. The highest BCUT2D eigenvalue weighted by atomic mass is 16.6. The summed E-state index contributed by atoms with van der Waals surface area (Å²) in [5, 5.41) is 13.5. The van der Waals surface area contributed by atoms with Gasteiger partial charge in [-0.15, -0.1) is 0 Å². The van der Waals surface area contributed by atoms with Crippen LogP contribution in [0.3, 0.4) is 0 Å². The summed E-state index contributed by atoms with van der Waals surface area (Å²) < 4.78 is 0. The van der Waals surface area contributed by atoms with E-state index in [4.69, 9.17) is 5.73 Å². The van der Waals surface area contributed by atoms with Crippen molar-refractivity contribution in [3.05, 3.63) is 33.9 Å². The first-order valence-electron chi connectivity index (χ1n) is 5.75. The standard InChI is InChI=1S/C12H15N3O3/c1-8-2-3-9(6-10(8)15(17)18)14-11(16)12(7-13)4-5-12/h2-3,6H,4-5,7,13H2,1H3,(H,14,16). The smallest absolute Gasteiger partial charge is 0.274 e. The molecule has 2 rings (SSSR count). The van der Waals surface area contributed by atoms with Gasteiger partial charge >= 0.3 is 0 Å². The predicted molar refractivity (Wildman–Crippen MR) is 67.2 cm³/mol. The number of hydrogen-bond donors (Lipinski definition) is 2. The molecule has 1 aromatic rings. The fourth-order valence-electron chi connectivity index (χ4n) is 1.82. The molecule has 3 N–H and O–H groups in total. The third-order valence-electron chi connectivity index (χ3n) is 3.39. The largest absolute Gasteiger partial charge is 0.329 e. The van der Waals surface area contributed by atoms with Gasteiger partial charge in [0.25, 0.3) is 5.69 Å². The number of anilines is 1. The van der Waals surface area contributed by atoms with Crippen LogP contribution in [-0.2, 0) is 4.79 Å². The summed E-state index contributed by atoms with van der Waals surface area (Å²) in [5.74, 6) is -0.150. The minimum atomic E-state index is -0.459. The van der Waals surface area contributed by atoms with Gasteiger partial charge in [0, 0.05) is 23.9 Å². The van der Waals surface area contributed by atoms with Gasteiger partial charge in [0.15, 0.2) is 0 Å². The molecule has 6 heteroatoms. The minimum Gasteiger partial charge on any atom is -0.329 e. The lowest BCUT2D eigenvalue weighted by atomic mass is 10.1. The molecule has 6 nitrogen and oxygen atoms in total. The van der Waals surface area contributed by atoms with Crippen LogP contribution in [0.5, 0.6) is 0 Å². The summed E-state index contributed by atoms with van der Waals surface area (Å²) in [7, 11) is 0. The Labute approximate surface area is 104 Å². The normalized spacial score (nSPS) is 16.1. The van der Waals surface area contributed by atoms with Crippen LogP contribution in [0, 0.1) is 22.5 Å². The molecule has 0 bridgehead atoms. The number of nitrogens with zero attached hydrogens (tertiary/aromatic N) is 1. The van der Waals surface area contributed by atoms with Gasteiger partial charge in [-0.2, -0.15) is 0 Å². The third kappa shape index (κ3) is 2.19. The van der Waals surface area contributed by atoms with Crippen molar-refractivity contribution in [2.24, 2.45) is 11.1 Å². The Morgan fingerprint density at radius 2 is 2.22 bits per heavy atom. The van der Waals surface area contributed by atoms with Gasteiger partial charge in [0.1, 0.15) is 0 Å². The number of hydrogen-bond acceptors (Lipinski definition) is 4. The van der Waals surface area contributed by atoms with E-state index in [-0.39, 0.29) is 11.6 Å². The molecule has 0 unspecified atom stereocenters. The number of nitro groups is 1. The molecule has 18 heavy (non-hydrogen) atoms. The molecule has 0 atom stereocenters. The van der Waals surface area contributed by atoms with Gasteiger partial charge in [0.05, 0.1) is 10.3 Å². The monoisotopic (exact) mass is 249 g/mol. The van der Waals surface area contributed by atoms with Crippen molar-refractivity contribution in [1.29, 1.82) is 0 Å². The number of nitro benzene ring substituents is 1. The van der Waals surface area contributed by atoms with Crippen molar-refractivity contribution in [2.45, 2.75) is 19.8 Å². The summed E-state index contributed by atoms with van der Waals surface area (Å²) in [6.45, 7) is 1.97. The minimum absolute atomic E-state index is 0.00500. The second-order valence-electron chi connectivity index (χ2n) is 4.70. The molecule has 1 aromatic carbocycles. The fraction of sp³-hybridized carbons (Fsp3) is 0.417. The summed E-state index contributed by atoms with van der Waals surface area (Å²) in [5.41, 5.74) is 6.11. The van der Waals surface area contributed by atoms with E-state index in [2.05, 4.69) is 5.32 Å². The number of rotatable bonds is 4. The van der Waals surface area contributed by atoms with Crippen LogP contribution in [0.2, 0.25) is 0 Å². The first-order valence-corrected chi connectivity index (χ1v) is 5.75. The molecule has 1 aliphatic carbocycles. The van der Waals surface area contributed by atoms with Crippen LogP contribution in [0.25, 0.3) is 0 Å². The van der Waals surface area contributed by atoms with Gasteiger partial charge < -0.3 is 11.1 Å². The Morgan fingerprint density at radius 3 is 2.72 bits per heavy atom. The maximum Gasteiger partial charge on any atom is 0.274 e. The van der Waals surface area contributed by atoms with E-state index in [0.717, 1.165) is 12.8 Å². The zero-order valence-electron chi connectivity index (χ0n) is 10.1. The van der Waals surface area contributed by atoms with Crippen LogP contribution in [-0.4, -0.2) is 17.4 Å². The summed E-state index contributed by atoms with van der Waals surface area (Å²) in [4.78, 5) is 22.3. The molecule has 1 saturated carbocycles. The lowest BCUT2D eigenvalue weighted by molar-refractivity contribution is -0.385. The van der Waals surface area contributed by atoms with E-state index in [1.54, 1.807) is 19.1 Å². The molecule has 0 radical (unpaired) electrons. The van der Waals surface area contributed by atoms with Crippen molar-refractivity contribution in [1.82, 2.24) is 0 Å². The molecule has 0 spiro atoms. The molecule has 1 aliphatic rings. The molecule has 0 aromatic heterocycles. The van der Waals surface area contributed by atoms with E-state index in [1.807, 2.05) is 0 Å². The van der Waals surface area contributed by atoms with Gasteiger partial charge in [-0.1, -0.05) is 6.07 Å². The van der Waals surface area contributed by atoms with Crippen LogP contribution in [0.15, 0.2) is 18.2 Å². The molecule has 0 saturated heterocycles. The Morgan fingerprint density at radius 1 is 1.56 bits per heavy atom. The highest BCUT2D eigenvalue weighted by Crippen LogP contribution is 2.45. The SMILES string of the molecule is Cc1ccc(NC(=O)C2(CN)CC2)cc1[N+](=O)[O-]. The molecule has 0 aliphatic heterocycles. The number of carbonyl (C=O) groups excluding carboxylic acids is 1. The van der Waals surface area contributed by atoms with Crippen LogP contribution in [0.1, 0.15) is 18.4 Å². The predicted octanol–water partition coefficient (Wildman–Crippen LogP) is 1.58. The van der Waals surface area contributed by atoms with E-state index >= 15 is 0 Å². The number of carbonyl (C=O) groups is 1. The molecule has 1 amide bonds. The topological polar surface area (TPSA) is 98.3 Å². The fourth-order valence-corrected chi connectivity index (χ4v) is 1.82. The molecule has 1 fully saturated rings. The van der Waals surface area contributed by atoms with Crippen LogP contribution >= 0.6 is 0 Å². The number of amides is 1. The third-order valence-corrected chi connectivity index (χ3v) is 3.39. The highest BCUT2D eigenvalue weighted by Gasteiger charge is 2.48. The first kappa shape index (κ1) is 12.5. The van der Waals surface area contributed by atoms with Crippen LogP contribution < -0.4 is 11.1 Å². The quantitative estimate of drug-likeness (QED) is 0.625. The Balaban J connectivity index is 2.17. The van der Waals surface area contributed by atoms with E-state index in [9.17, 15) is 14.9 Å². The Hall–Kier alpha value is -1.95. The molecular formula is C12H15N3O3. The number of benzene rings is 1. The first-order chi connectivity index (χ1) is 8.48. The lowest BCUT2D eigenvalue weighted by Gasteiger charge is -2.12. The zero-order valence-corrected chi connectivity index (χ0v) is 10.1. The second kappa shape index (κ2) is 4.38. The lowest BCUT2D eigenvalue weighted by Crippen LogP contribution is -2.30. The van der Waals surface area contributed by atoms with Crippen molar-refractivity contribution in [3.8, 4) is 0 Å². The van der Waals surface area contributed by atoms with E-state index < -0.39 is 10.3 Å². The Kier molecular flexibility index (Phi) is 3.04. The van der Waals surface area contributed by atoms with Crippen molar-refractivity contribution >= 4 is 17.3 Å². The maximum absolute atomic E-state index is 11.9. The van der Waals surface area contributed by atoms with Gasteiger partial charge in [0.2, 0.25) is 5.91 Å².